The number of hydrogen-bond donors (Lipinski definition) is 1. The van der Waals surface area contributed by atoms with Crippen molar-refractivity contribution in [3.05, 3.63) is 30.1 Å². The number of nitrogens with zero attached hydrogens (tertiary/aromatic N) is 3. The van der Waals surface area contributed by atoms with Gasteiger partial charge in [-0.25, -0.2) is 4.98 Å². The molecule has 0 saturated carbocycles. The minimum absolute atomic E-state index is 0.0400. The first-order valence-corrected chi connectivity index (χ1v) is 7.90. The standard InChI is InChI=1S/C15H18N4OS/c1-11(7-16)8-19(2)15(20)10-21-9-14-17-12-5-3-4-6-13(12)18-14/h3-6,11H,8-10H2,1-2H3,(H,17,18). The zero-order valence-corrected chi connectivity index (χ0v) is 13.0. The first kappa shape index (κ1) is 15.4. The highest BCUT2D eigenvalue weighted by molar-refractivity contribution is 7.99. The maximum Gasteiger partial charge on any atom is 0.232 e. The number of nitrogens with one attached hydrogen (secondary N) is 1. The summed E-state index contributed by atoms with van der Waals surface area (Å²) in [5.74, 6) is 1.84. The quantitative estimate of drug-likeness (QED) is 0.889. The van der Waals surface area contributed by atoms with Crippen molar-refractivity contribution in [2.75, 3.05) is 19.3 Å². The van der Waals surface area contributed by atoms with E-state index >= 15 is 0 Å². The highest BCUT2D eigenvalue weighted by Crippen LogP contribution is 2.15. The molecule has 0 fully saturated rings. The Bertz CT molecular complexity index is 628. The Labute approximate surface area is 128 Å². The molecule has 1 amide bonds. The summed E-state index contributed by atoms with van der Waals surface area (Å²) in [6.45, 7) is 2.28. The van der Waals surface area contributed by atoms with E-state index < -0.39 is 0 Å². The van der Waals surface area contributed by atoms with Gasteiger partial charge in [0.1, 0.15) is 5.82 Å². The van der Waals surface area contributed by atoms with Gasteiger partial charge in [0.15, 0.2) is 0 Å². The number of nitriles is 1. The molecule has 1 unspecified atom stereocenters. The van der Waals surface area contributed by atoms with Crippen LogP contribution in [0, 0.1) is 17.2 Å². The van der Waals surface area contributed by atoms with Gasteiger partial charge in [0, 0.05) is 13.6 Å². The molecule has 0 spiro atoms. The molecule has 0 saturated heterocycles. The summed E-state index contributed by atoms with van der Waals surface area (Å²) in [6.07, 6.45) is 0. The van der Waals surface area contributed by atoms with E-state index in [2.05, 4.69) is 16.0 Å². The second-order valence-corrected chi connectivity index (χ2v) is 5.98. The molecular formula is C15H18N4OS. The van der Waals surface area contributed by atoms with Crippen LogP contribution < -0.4 is 0 Å². The monoisotopic (exact) mass is 302 g/mol. The van der Waals surface area contributed by atoms with Gasteiger partial charge in [0.05, 0.1) is 34.5 Å². The molecule has 1 aromatic carbocycles. The molecule has 2 rings (SSSR count). The van der Waals surface area contributed by atoms with Gasteiger partial charge in [-0.15, -0.1) is 11.8 Å². The van der Waals surface area contributed by atoms with Crippen molar-refractivity contribution in [1.29, 1.82) is 5.26 Å². The minimum Gasteiger partial charge on any atom is -0.344 e. The van der Waals surface area contributed by atoms with Gasteiger partial charge in [-0.05, 0) is 19.1 Å². The van der Waals surface area contributed by atoms with Gasteiger partial charge >= 0.3 is 0 Å². The van der Waals surface area contributed by atoms with Gasteiger partial charge < -0.3 is 9.88 Å². The number of hydrogen-bond acceptors (Lipinski definition) is 4. The summed E-state index contributed by atoms with van der Waals surface area (Å²) in [4.78, 5) is 21.2. The number of fused-ring (bicyclic) bond motifs is 1. The Kier molecular flexibility index (Phi) is 5.23. The first-order chi connectivity index (χ1) is 10.1. The van der Waals surface area contributed by atoms with E-state index in [-0.39, 0.29) is 11.8 Å². The largest absolute Gasteiger partial charge is 0.344 e. The molecule has 5 nitrogen and oxygen atoms in total. The predicted octanol–water partition coefficient (Wildman–Crippen LogP) is 2.41. The molecule has 2 aromatic rings. The van der Waals surface area contributed by atoms with Crippen molar-refractivity contribution in [2.24, 2.45) is 5.92 Å². The Hall–Kier alpha value is -2.00. The lowest BCUT2D eigenvalue weighted by atomic mass is 10.2. The summed E-state index contributed by atoms with van der Waals surface area (Å²) in [7, 11) is 1.73. The fourth-order valence-electron chi connectivity index (χ4n) is 1.97. The number of H-pyrrole nitrogens is 1. The topological polar surface area (TPSA) is 72.8 Å². The van der Waals surface area contributed by atoms with Gasteiger partial charge in [0.2, 0.25) is 5.91 Å². The number of thioether (sulfide) groups is 1. The Balaban J connectivity index is 1.81. The summed E-state index contributed by atoms with van der Waals surface area (Å²) in [5.41, 5.74) is 1.96. The number of amides is 1. The molecule has 0 aliphatic carbocycles. The van der Waals surface area contributed by atoms with Crippen molar-refractivity contribution >= 4 is 28.7 Å². The number of imidazole rings is 1. The Morgan fingerprint density at radius 2 is 2.29 bits per heavy atom. The summed E-state index contributed by atoms with van der Waals surface area (Å²) < 4.78 is 0. The molecule has 0 aliphatic heterocycles. The van der Waals surface area contributed by atoms with Crippen LogP contribution in [0.4, 0.5) is 0 Å². The maximum absolute atomic E-state index is 11.9. The smallest absolute Gasteiger partial charge is 0.232 e. The fraction of sp³-hybridized carbons (Fsp3) is 0.400. The van der Waals surface area contributed by atoms with Gasteiger partial charge in [-0.3, -0.25) is 4.79 Å². The third-order valence-corrected chi connectivity index (χ3v) is 4.03. The molecule has 21 heavy (non-hydrogen) atoms. The number of rotatable bonds is 6. The number of benzene rings is 1. The Morgan fingerprint density at radius 3 is 3.00 bits per heavy atom. The number of carbonyl (C=O) groups excluding carboxylic acids is 1. The van der Waals surface area contributed by atoms with E-state index in [1.54, 1.807) is 11.9 Å². The van der Waals surface area contributed by atoms with Crippen LogP contribution in [0.25, 0.3) is 11.0 Å². The molecule has 1 heterocycles. The number of aromatic amines is 1. The number of aromatic nitrogens is 2. The molecular weight excluding hydrogens is 284 g/mol. The molecule has 0 aliphatic rings. The van der Waals surface area contributed by atoms with E-state index in [1.807, 2.05) is 31.2 Å². The van der Waals surface area contributed by atoms with E-state index in [0.717, 1.165) is 16.9 Å². The van der Waals surface area contributed by atoms with Crippen LogP contribution in [0.5, 0.6) is 0 Å². The summed E-state index contributed by atoms with van der Waals surface area (Å²) >= 11 is 1.52. The van der Waals surface area contributed by atoms with Crippen LogP contribution in [0.2, 0.25) is 0 Å². The maximum atomic E-state index is 11.9. The van der Waals surface area contributed by atoms with Crippen LogP contribution in [0.15, 0.2) is 24.3 Å². The normalized spacial score (nSPS) is 12.0. The molecule has 6 heteroatoms. The summed E-state index contributed by atoms with van der Waals surface area (Å²) in [6, 6.07) is 10.00. The van der Waals surface area contributed by atoms with Crippen molar-refractivity contribution in [3.63, 3.8) is 0 Å². The van der Waals surface area contributed by atoms with Crippen LogP contribution >= 0.6 is 11.8 Å². The molecule has 1 atom stereocenters. The van der Waals surface area contributed by atoms with Crippen molar-refractivity contribution in [1.82, 2.24) is 14.9 Å². The first-order valence-electron chi connectivity index (χ1n) is 6.75. The van der Waals surface area contributed by atoms with Crippen LogP contribution in [-0.4, -0.2) is 40.1 Å². The lowest BCUT2D eigenvalue weighted by Gasteiger charge is -2.17. The Morgan fingerprint density at radius 1 is 1.52 bits per heavy atom. The van der Waals surface area contributed by atoms with Crippen molar-refractivity contribution in [2.45, 2.75) is 12.7 Å². The highest BCUT2D eigenvalue weighted by Gasteiger charge is 2.12. The lowest BCUT2D eigenvalue weighted by molar-refractivity contribution is -0.127. The molecule has 1 N–H and O–H groups in total. The van der Waals surface area contributed by atoms with Crippen molar-refractivity contribution < 1.29 is 4.79 Å². The predicted molar refractivity (Wildman–Crippen MR) is 84.7 cm³/mol. The van der Waals surface area contributed by atoms with E-state index in [0.29, 0.717) is 18.1 Å². The second-order valence-electron chi connectivity index (χ2n) is 5.00. The lowest BCUT2D eigenvalue weighted by Crippen LogP contribution is -2.32. The third-order valence-electron chi connectivity index (χ3n) is 3.10. The fourth-order valence-corrected chi connectivity index (χ4v) is 2.80. The average molecular weight is 302 g/mol. The van der Waals surface area contributed by atoms with Gasteiger partial charge in [-0.1, -0.05) is 12.1 Å². The highest BCUT2D eigenvalue weighted by atomic mass is 32.2. The average Bonchev–Trinajstić information content (AvgIpc) is 2.89. The number of carbonyl (C=O) groups is 1. The van der Waals surface area contributed by atoms with Gasteiger partial charge in [0.25, 0.3) is 0 Å². The van der Waals surface area contributed by atoms with Crippen molar-refractivity contribution in [3.8, 4) is 6.07 Å². The van der Waals surface area contributed by atoms with E-state index in [9.17, 15) is 4.79 Å². The summed E-state index contributed by atoms with van der Waals surface area (Å²) in [5, 5.41) is 8.75. The van der Waals surface area contributed by atoms with Crippen LogP contribution in [-0.2, 0) is 10.5 Å². The minimum atomic E-state index is -0.140. The SMILES string of the molecule is CC(C#N)CN(C)C(=O)CSCc1nc2ccccc2[nH]1. The van der Waals surface area contributed by atoms with E-state index in [1.165, 1.54) is 11.8 Å². The molecule has 0 radical (unpaired) electrons. The van der Waals surface area contributed by atoms with Gasteiger partial charge in [-0.2, -0.15) is 5.26 Å². The third kappa shape index (κ3) is 4.23. The zero-order valence-electron chi connectivity index (χ0n) is 12.2. The molecule has 0 bridgehead atoms. The van der Waals surface area contributed by atoms with Crippen LogP contribution in [0.1, 0.15) is 12.7 Å². The van der Waals surface area contributed by atoms with E-state index in [4.69, 9.17) is 5.26 Å². The number of para-hydroxylation sites is 2. The molecule has 1 aromatic heterocycles. The second kappa shape index (κ2) is 7.14. The zero-order chi connectivity index (χ0) is 15.2. The van der Waals surface area contributed by atoms with Crippen LogP contribution in [0.3, 0.4) is 0 Å². The molecule has 110 valence electrons.